The molecule has 0 saturated heterocycles. The first-order valence-corrected chi connectivity index (χ1v) is 15.0. The third-order valence-electron chi connectivity index (χ3n) is 8.35. The number of H-pyrrole nitrogens is 2. The van der Waals surface area contributed by atoms with E-state index in [1.807, 2.05) is 18.2 Å². The summed E-state index contributed by atoms with van der Waals surface area (Å²) in [5, 5.41) is 0. The summed E-state index contributed by atoms with van der Waals surface area (Å²) in [4.78, 5) is 17.9. The number of nitrogens with one attached hydrogen (secondary N) is 2. The number of hydrogen-bond donors (Lipinski definition) is 2. The number of hydrogen-bond acceptors (Lipinski definition) is 3. The molecule has 0 fully saturated rings. The van der Waals surface area contributed by atoms with Crippen molar-refractivity contribution in [1.29, 1.82) is 0 Å². The van der Waals surface area contributed by atoms with Crippen LogP contribution >= 0.6 is 0 Å². The molecule has 3 aromatic carbocycles. The van der Waals surface area contributed by atoms with Crippen molar-refractivity contribution in [2.24, 2.45) is 0 Å². The Hall–Kier alpha value is -5.94. The van der Waals surface area contributed by atoms with Crippen molar-refractivity contribution in [3.8, 4) is 39.1 Å². The average Bonchev–Trinajstić information content (AvgIpc) is 3.90. The monoisotopic (exact) mass is 582 g/mol. The molecule has 6 aromatic rings. The molecule has 5 nitrogen and oxygen atoms in total. The Kier molecular flexibility index (Phi) is 6.50. The minimum atomic E-state index is 0.811. The summed E-state index contributed by atoms with van der Waals surface area (Å²) in [7, 11) is 1.68. The summed E-state index contributed by atoms with van der Waals surface area (Å²) < 4.78 is 5.45. The second kappa shape index (κ2) is 11.0. The average molecular weight is 583 g/mol. The fourth-order valence-corrected chi connectivity index (χ4v) is 6.13. The van der Waals surface area contributed by atoms with Crippen molar-refractivity contribution < 1.29 is 4.74 Å². The summed E-state index contributed by atoms with van der Waals surface area (Å²) in [5.74, 6) is 0.811. The summed E-state index contributed by atoms with van der Waals surface area (Å²) in [5.41, 5.74) is 15.0. The van der Waals surface area contributed by atoms with E-state index in [1.54, 1.807) is 7.11 Å². The molecule has 0 aliphatic carbocycles. The molecule has 0 spiro atoms. The van der Waals surface area contributed by atoms with E-state index >= 15 is 0 Å². The first kappa shape index (κ1) is 26.7. The molecule has 2 aliphatic rings. The molecule has 3 aromatic heterocycles. The van der Waals surface area contributed by atoms with Gasteiger partial charge in [0.05, 0.1) is 29.9 Å². The van der Waals surface area contributed by atoms with Crippen molar-refractivity contribution in [1.82, 2.24) is 19.9 Å². The Morgan fingerprint density at radius 3 is 1.47 bits per heavy atom. The zero-order chi connectivity index (χ0) is 30.3. The maximum atomic E-state index is 5.45. The van der Waals surface area contributed by atoms with Crippen molar-refractivity contribution in [2.75, 3.05) is 7.11 Å². The van der Waals surface area contributed by atoms with E-state index in [2.05, 4.69) is 132 Å². The van der Waals surface area contributed by atoms with Gasteiger partial charge in [0.2, 0.25) is 0 Å². The third kappa shape index (κ3) is 4.94. The molecule has 216 valence electrons. The summed E-state index contributed by atoms with van der Waals surface area (Å²) in [6.07, 6.45) is 8.43. The van der Waals surface area contributed by atoms with Gasteiger partial charge in [-0.2, -0.15) is 0 Å². The van der Waals surface area contributed by atoms with Crippen LogP contribution < -0.4 is 4.74 Å². The molecule has 5 heteroatoms. The van der Waals surface area contributed by atoms with Gasteiger partial charge in [-0.3, -0.25) is 0 Å². The normalized spacial score (nSPS) is 12.0. The van der Waals surface area contributed by atoms with Crippen LogP contribution in [-0.2, 0) is 0 Å². The van der Waals surface area contributed by atoms with Gasteiger partial charge < -0.3 is 14.7 Å². The van der Waals surface area contributed by atoms with Gasteiger partial charge in [-0.05, 0) is 90.4 Å². The molecule has 5 heterocycles. The van der Waals surface area contributed by atoms with Crippen LogP contribution in [0.1, 0.15) is 28.3 Å². The van der Waals surface area contributed by atoms with Crippen molar-refractivity contribution in [3.63, 3.8) is 0 Å². The summed E-state index contributed by atoms with van der Waals surface area (Å²) in [6, 6.07) is 37.8. The highest BCUT2D eigenvalue weighted by atomic mass is 16.5. The molecule has 2 aliphatic heterocycles. The van der Waals surface area contributed by atoms with Crippen LogP contribution in [0, 0.1) is 6.92 Å². The van der Waals surface area contributed by atoms with E-state index in [-0.39, 0.29) is 0 Å². The maximum Gasteiger partial charge on any atom is 0.118 e. The van der Waals surface area contributed by atoms with Gasteiger partial charge in [-0.25, -0.2) is 9.97 Å². The van der Waals surface area contributed by atoms with Gasteiger partial charge in [-0.15, -0.1) is 0 Å². The molecule has 0 unspecified atom stereocenters. The van der Waals surface area contributed by atoms with Crippen molar-refractivity contribution in [2.45, 2.75) is 6.92 Å². The number of fused-ring (bicyclic) bond motifs is 8. The van der Waals surface area contributed by atoms with Crippen LogP contribution in [0.4, 0.5) is 0 Å². The number of aromatic nitrogens is 4. The van der Waals surface area contributed by atoms with Crippen LogP contribution in [0.2, 0.25) is 0 Å². The predicted octanol–water partition coefficient (Wildman–Crippen LogP) is 9.97. The number of ether oxygens (including phenoxy) is 1. The molecule has 0 saturated carbocycles. The largest absolute Gasteiger partial charge is 0.497 e. The molecule has 45 heavy (non-hydrogen) atoms. The van der Waals surface area contributed by atoms with Gasteiger partial charge in [-0.1, -0.05) is 72.3 Å². The van der Waals surface area contributed by atoms with Gasteiger partial charge in [0.15, 0.2) is 0 Å². The number of nitrogens with zero attached hydrogens (tertiary/aromatic N) is 2. The zero-order valence-corrected chi connectivity index (χ0v) is 25.0. The van der Waals surface area contributed by atoms with Crippen LogP contribution in [-0.4, -0.2) is 27.0 Å². The van der Waals surface area contributed by atoms with Gasteiger partial charge in [0.1, 0.15) is 5.75 Å². The second-order valence-corrected chi connectivity index (χ2v) is 11.3. The topological polar surface area (TPSA) is 66.6 Å². The highest BCUT2D eigenvalue weighted by Gasteiger charge is 2.18. The van der Waals surface area contributed by atoms with Crippen molar-refractivity contribution in [3.05, 3.63) is 138 Å². The molecule has 0 atom stereocenters. The number of aryl methyl sites for hydroxylation is 1. The van der Waals surface area contributed by atoms with Gasteiger partial charge >= 0.3 is 0 Å². The highest BCUT2D eigenvalue weighted by Crippen LogP contribution is 2.37. The standard InChI is InChI=1S/C40H30N4O/c1-25-8-10-27(11-9-25)39-32-18-14-29(41-32)24-30-15-19-33(42-30)40(28-12-16-31(45-2)17-13-28)37-23-21-35(44-37)38(26-6-4-3-5-7-26)34-20-22-36(39)43-34/h3-24,41-42H,1-2H3. The lowest BCUT2D eigenvalue weighted by atomic mass is 10.0. The zero-order valence-electron chi connectivity index (χ0n) is 25.0. The number of benzene rings is 3. The van der Waals surface area contributed by atoms with E-state index in [0.29, 0.717) is 0 Å². The SMILES string of the molecule is COc1ccc(-c2c3nc(c(-c4ccccc4)c4nc(c(-c5ccc(C)cc5)c5ccc(cc6ccc2[nH]6)[nH]5)C=C4)C=C3)cc1. The Balaban J connectivity index is 1.51. The van der Waals surface area contributed by atoms with Crippen LogP contribution in [0.5, 0.6) is 5.75 Å². The molecular formula is C40H30N4O. The predicted molar refractivity (Wildman–Crippen MR) is 186 cm³/mol. The Bertz CT molecular complexity index is 2290. The molecule has 0 amide bonds. The van der Waals surface area contributed by atoms with E-state index in [0.717, 1.165) is 84.0 Å². The highest BCUT2D eigenvalue weighted by molar-refractivity contribution is 5.96. The third-order valence-corrected chi connectivity index (χ3v) is 8.35. The molecule has 8 rings (SSSR count). The van der Waals surface area contributed by atoms with Crippen molar-refractivity contribution >= 4 is 46.4 Å². The fraction of sp³-hybridized carbons (Fsp3) is 0.0500. The minimum absolute atomic E-state index is 0.811. The second-order valence-electron chi connectivity index (χ2n) is 11.3. The molecule has 2 N–H and O–H groups in total. The lowest BCUT2D eigenvalue weighted by molar-refractivity contribution is 0.415. The van der Waals surface area contributed by atoms with Crippen LogP contribution in [0.25, 0.3) is 79.8 Å². The maximum absolute atomic E-state index is 5.45. The summed E-state index contributed by atoms with van der Waals surface area (Å²) >= 11 is 0. The van der Waals surface area contributed by atoms with E-state index in [4.69, 9.17) is 14.7 Å². The Morgan fingerprint density at radius 2 is 0.956 bits per heavy atom. The van der Waals surface area contributed by atoms with Gasteiger partial charge in [0, 0.05) is 38.8 Å². The summed E-state index contributed by atoms with van der Waals surface area (Å²) in [6.45, 7) is 2.11. The Labute approximate surface area is 261 Å². The fourth-order valence-electron chi connectivity index (χ4n) is 6.13. The first-order chi connectivity index (χ1) is 22.1. The lowest BCUT2D eigenvalue weighted by Crippen LogP contribution is -1.91. The number of rotatable bonds is 4. The van der Waals surface area contributed by atoms with Gasteiger partial charge in [0.25, 0.3) is 0 Å². The van der Waals surface area contributed by atoms with E-state index in [9.17, 15) is 0 Å². The molecule has 0 radical (unpaired) electrons. The first-order valence-electron chi connectivity index (χ1n) is 15.0. The molecular weight excluding hydrogens is 552 g/mol. The molecule has 8 bridgehead atoms. The Morgan fingerprint density at radius 1 is 0.489 bits per heavy atom. The number of aromatic amines is 2. The van der Waals surface area contributed by atoms with Crippen LogP contribution in [0.3, 0.4) is 0 Å². The number of methoxy groups -OCH3 is 1. The minimum Gasteiger partial charge on any atom is -0.497 e. The van der Waals surface area contributed by atoms with E-state index < -0.39 is 0 Å². The van der Waals surface area contributed by atoms with Crippen LogP contribution in [0.15, 0.2) is 109 Å². The lowest BCUT2D eigenvalue weighted by Gasteiger charge is -2.07. The quantitative estimate of drug-likeness (QED) is 0.217. The van der Waals surface area contributed by atoms with E-state index in [1.165, 1.54) is 5.56 Å². The smallest absolute Gasteiger partial charge is 0.118 e.